The summed E-state index contributed by atoms with van der Waals surface area (Å²) in [7, 11) is 1.76. The van der Waals surface area contributed by atoms with Gasteiger partial charge in [0.1, 0.15) is 0 Å². The molecule has 0 unspecified atom stereocenters. The zero-order valence-corrected chi connectivity index (χ0v) is 10.1. The number of nitrogens with one attached hydrogen (secondary N) is 1. The van der Waals surface area contributed by atoms with Crippen LogP contribution in [0.4, 0.5) is 22.0 Å². The van der Waals surface area contributed by atoms with Crippen molar-refractivity contribution in [2.45, 2.75) is 18.9 Å². The molecule has 1 aliphatic rings. The van der Waals surface area contributed by atoms with Gasteiger partial charge >= 0.3 is 0 Å². The highest BCUT2D eigenvalue weighted by molar-refractivity contribution is 5.30. The Bertz CT molecular complexity index is 458. The van der Waals surface area contributed by atoms with Gasteiger partial charge < -0.3 is 10.1 Å². The van der Waals surface area contributed by atoms with Crippen molar-refractivity contribution < 1.29 is 26.7 Å². The molecule has 0 aromatic heterocycles. The molecule has 1 fully saturated rings. The largest absolute Gasteiger partial charge is 0.484 e. The fourth-order valence-electron chi connectivity index (χ4n) is 2.08. The molecule has 2 rings (SSSR count). The first kappa shape index (κ1) is 14.0. The van der Waals surface area contributed by atoms with Crippen molar-refractivity contribution in [3.05, 3.63) is 29.1 Å². The molecule has 0 amide bonds. The Morgan fingerprint density at radius 1 is 0.947 bits per heavy atom. The third-order valence-electron chi connectivity index (χ3n) is 3.14. The molecule has 19 heavy (non-hydrogen) atoms. The number of hydrogen-bond acceptors (Lipinski definition) is 2. The van der Waals surface area contributed by atoms with Crippen molar-refractivity contribution in [3.63, 3.8) is 0 Å². The molecule has 106 valence electrons. The predicted octanol–water partition coefficient (Wildman–Crippen LogP) is 2.76. The van der Waals surface area contributed by atoms with Gasteiger partial charge in [-0.05, 0) is 32.4 Å². The summed E-state index contributed by atoms with van der Waals surface area (Å²) in [5.41, 5.74) is 0. The molecule has 2 nitrogen and oxygen atoms in total. The van der Waals surface area contributed by atoms with E-state index in [-0.39, 0.29) is 5.92 Å². The molecule has 1 saturated carbocycles. The van der Waals surface area contributed by atoms with E-state index in [1.54, 1.807) is 7.05 Å². The van der Waals surface area contributed by atoms with Crippen LogP contribution < -0.4 is 10.1 Å². The van der Waals surface area contributed by atoms with Crippen molar-refractivity contribution in [2.75, 3.05) is 13.6 Å². The van der Waals surface area contributed by atoms with Crippen LogP contribution in [0.5, 0.6) is 5.75 Å². The maximum absolute atomic E-state index is 13.3. The van der Waals surface area contributed by atoms with Gasteiger partial charge in [0.05, 0.1) is 6.10 Å². The first-order valence-corrected chi connectivity index (χ1v) is 5.78. The van der Waals surface area contributed by atoms with Gasteiger partial charge in [0, 0.05) is 0 Å². The van der Waals surface area contributed by atoms with Crippen LogP contribution in [0.25, 0.3) is 0 Å². The van der Waals surface area contributed by atoms with Gasteiger partial charge in [0.15, 0.2) is 5.75 Å². The third-order valence-corrected chi connectivity index (χ3v) is 3.14. The van der Waals surface area contributed by atoms with E-state index in [4.69, 9.17) is 4.74 Å². The normalized spacial score (nSPS) is 22.2. The first-order valence-electron chi connectivity index (χ1n) is 5.78. The summed E-state index contributed by atoms with van der Waals surface area (Å²) < 4.78 is 70.1. The molecular formula is C12H12F5NO. The molecule has 7 heteroatoms. The predicted molar refractivity (Wildman–Crippen MR) is 57.3 cm³/mol. The van der Waals surface area contributed by atoms with E-state index in [0.717, 1.165) is 6.54 Å². The Hall–Kier alpha value is -1.37. The fourth-order valence-corrected chi connectivity index (χ4v) is 2.08. The lowest BCUT2D eigenvalue weighted by Crippen LogP contribution is -2.39. The minimum Gasteiger partial charge on any atom is -0.484 e. The van der Waals surface area contributed by atoms with E-state index >= 15 is 0 Å². The van der Waals surface area contributed by atoms with Crippen molar-refractivity contribution in [3.8, 4) is 5.75 Å². The molecule has 1 aromatic rings. The highest BCUT2D eigenvalue weighted by atomic mass is 19.2. The summed E-state index contributed by atoms with van der Waals surface area (Å²) in [6, 6.07) is 0. The molecule has 0 atom stereocenters. The maximum Gasteiger partial charge on any atom is 0.207 e. The van der Waals surface area contributed by atoms with Crippen LogP contribution in [0.15, 0.2) is 0 Å². The zero-order valence-electron chi connectivity index (χ0n) is 10.1. The number of hydrogen-bond donors (Lipinski definition) is 1. The van der Waals surface area contributed by atoms with Crippen molar-refractivity contribution in [1.29, 1.82) is 0 Å². The summed E-state index contributed by atoms with van der Waals surface area (Å²) in [5.74, 6) is -10.9. The Kier molecular flexibility index (Phi) is 3.93. The Morgan fingerprint density at radius 3 is 1.89 bits per heavy atom. The van der Waals surface area contributed by atoms with E-state index in [1.807, 2.05) is 0 Å². The lowest BCUT2D eigenvalue weighted by atomic mass is 9.82. The van der Waals surface area contributed by atoms with Gasteiger partial charge in [-0.1, -0.05) is 0 Å². The smallest absolute Gasteiger partial charge is 0.207 e. The summed E-state index contributed by atoms with van der Waals surface area (Å²) in [5, 5.41) is 2.93. The summed E-state index contributed by atoms with van der Waals surface area (Å²) in [4.78, 5) is 0. The highest BCUT2D eigenvalue weighted by Gasteiger charge is 2.34. The van der Waals surface area contributed by atoms with Gasteiger partial charge in [0.25, 0.3) is 0 Å². The van der Waals surface area contributed by atoms with E-state index in [9.17, 15) is 22.0 Å². The molecule has 0 saturated heterocycles. The van der Waals surface area contributed by atoms with Gasteiger partial charge in [-0.2, -0.15) is 8.78 Å². The van der Waals surface area contributed by atoms with E-state index < -0.39 is 40.9 Å². The fraction of sp³-hybridized carbons (Fsp3) is 0.500. The van der Waals surface area contributed by atoms with E-state index in [2.05, 4.69) is 5.32 Å². The molecule has 0 aliphatic heterocycles. The minimum atomic E-state index is -2.18. The van der Waals surface area contributed by atoms with Gasteiger partial charge in [-0.15, -0.1) is 0 Å². The van der Waals surface area contributed by atoms with Gasteiger partial charge in [-0.3, -0.25) is 0 Å². The molecule has 0 radical (unpaired) electrons. The molecule has 1 N–H and O–H groups in total. The Labute approximate surface area is 106 Å². The lowest BCUT2D eigenvalue weighted by Gasteiger charge is -2.35. The van der Waals surface area contributed by atoms with Gasteiger partial charge in [0.2, 0.25) is 29.1 Å². The second-order valence-corrected chi connectivity index (χ2v) is 4.53. The molecule has 1 aliphatic carbocycles. The molecule has 0 spiro atoms. The Morgan fingerprint density at radius 2 is 1.42 bits per heavy atom. The first-order chi connectivity index (χ1) is 8.95. The van der Waals surface area contributed by atoms with Crippen LogP contribution in [0, 0.1) is 35.0 Å². The topological polar surface area (TPSA) is 21.3 Å². The zero-order chi connectivity index (χ0) is 14.2. The van der Waals surface area contributed by atoms with Crippen molar-refractivity contribution in [2.24, 2.45) is 5.92 Å². The van der Waals surface area contributed by atoms with Crippen molar-refractivity contribution >= 4 is 0 Å². The van der Waals surface area contributed by atoms with Crippen LogP contribution in [-0.4, -0.2) is 19.7 Å². The lowest BCUT2D eigenvalue weighted by molar-refractivity contribution is 0.0563. The number of benzene rings is 1. The average molecular weight is 281 g/mol. The standard InChI is InChI=1S/C12H12F5NO/c1-18-4-5-2-6(3-5)19-12-10(16)8(14)7(13)9(15)11(12)17/h5-6,18H,2-4H2,1H3. The van der Waals surface area contributed by atoms with Crippen LogP contribution in [0.3, 0.4) is 0 Å². The number of rotatable bonds is 4. The summed E-state index contributed by atoms with van der Waals surface area (Å²) >= 11 is 0. The average Bonchev–Trinajstić information content (AvgIpc) is 2.35. The summed E-state index contributed by atoms with van der Waals surface area (Å²) in [6.07, 6.45) is 0.507. The quantitative estimate of drug-likeness (QED) is 0.520. The molecule has 0 heterocycles. The van der Waals surface area contributed by atoms with Crippen LogP contribution >= 0.6 is 0 Å². The van der Waals surface area contributed by atoms with Crippen molar-refractivity contribution in [1.82, 2.24) is 5.32 Å². The maximum atomic E-state index is 13.3. The molecule has 0 bridgehead atoms. The van der Waals surface area contributed by atoms with Crippen LogP contribution in [0.2, 0.25) is 0 Å². The number of halogens is 5. The second kappa shape index (κ2) is 5.32. The van der Waals surface area contributed by atoms with E-state index in [1.165, 1.54) is 0 Å². The number of ether oxygens (including phenoxy) is 1. The summed E-state index contributed by atoms with van der Waals surface area (Å²) in [6.45, 7) is 0.719. The second-order valence-electron chi connectivity index (χ2n) is 4.53. The van der Waals surface area contributed by atoms with E-state index in [0.29, 0.717) is 12.8 Å². The minimum absolute atomic E-state index is 0.288. The van der Waals surface area contributed by atoms with Crippen LogP contribution in [-0.2, 0) is 0 Å². The Balaban J connectivity index is 2.14. The molecule has 1 aromatic carbocycles. The highest BCUT2D eigenvalue weighted by Crippen LogP contribution is 2.35. The van der Waals surface area contributed by atoms with Gasteiger partial charge in [-0.25, -0.2) is 13.2 Å². The third kappa shape index (κ3) is 2.51. The SMILES string of the molecule is CNCC1CC(Oc2c(F)c(F)c(F)c(F)c2F)C1. The monoisotopic (exact) mass is 281 g/mol. The van der Waals surface area contributed by atoms with Crippen LogP contribution in [0.1, 0.15) is 12.8 Å². The molecular weight excluding hydrogens is 269 g/mol.